The van der Waals surface area contributed by atoms with Gasteiger partial charge in [-0.05, 0) is 35.4 Å². The van der Waals surface area contributed by atoms with Crippen molar-refractivity contribution in [3.05, 3.63) is 88.9 Å². The van der Waals surface area contributed by atoms with Crippen molar-refractivity contribution < 1.29 is 13.2 Å². The summed E-state index contributed by atoms with van der Waals surface area (Å²) >= 11 is 6.00. The van der Waals surface area contributed by atoms with Gasteiger partial charge in [-0.15, -0.1) is 0 Å². The Morgan fingerprint density at radius 2 is 1.79 bits per heavy atom. The molecule has 29 heavy (non-hydrogen) atoms. The summed E-state index contributed by atoms with van der Waals surface area (Å²) in [6.45, 7) is 0.449. The minimum atomic E-state index is -3.79. The van der Waals surface area contributed by atoms with Crippen LogP contribution in [-0.4, -0.2) is 21.2 Å². The van der Waals surface area contributed by atoms with Gasteiger partial charge in [-0.2, -0.15) is 5.10 Å². The van der Waals surface area contributed by atoms with Crippen LogP contribution in [0.1, 0.15) is 11.1 Å². The van der Waals surface area contributed by atoms with Crippen LogP contribution in [0.25, 0.3) is 0 Å². The molecule has 0 aliphatic carbocycles. The van der Waals surface area contributed by atoms with Crippen LogP contribution >= 0.6 is 11.6 Å². The van der Waals surface area contributed by atoms with Gasteiger partial charge < -0.3 is 10.6 Å². The van der Waals surface area contributed by atoms with E-state index >= 15 is 0 Å². The molecule has 0 heterocycles. The lowest BCUT2D eigenvalue weighted by molar-refractivity contribution is 0.322. The molecule has 0 fully saturated rings. The average molecular weight is 430 g/mol. The van der Waals surface area contributed by atoms with Crippen LogP contribution < -0.4 is 15.3 Å². The van der Waals surface area contributed by atoms with E-state index in [0.717, 1.165) is 11.1 Å². The number of nitrogens with zero attached hydrogens (tertiary/aromatic N) is 1. The Morgan fingerprint density at radius 1 is 1.03 bits per heavy atom. The molecular formula is C21H20ClN3O3S. The molecule has 0 saturated heterocycles. The van der Waals surface area contributed by atoms with E-state index in [4.69, 9.17) is 22.2 Å². The van der Waals surface area contributed by atoms with Crippen molar-refractivity contribution in [1.29, 1.82) is 0 Å². The van der Waals surface area contributed by atoms with Gasteiger partial charge in [-0.3, -0.25) is 4.72 Å². The monoisotopic (exact) mass is 429 g/mol. The molecule has 0 atom stereocenters. The molecule has 0 radical (unpaired) electrons. The predicted molar refractivity (Wildman–Crippen MR) is 116 cm³/mol. The molecule has 3 aromatic rings. The largest absolute Gasteiger partial charge is 0.493 e. The summed E-state index contributed by atoms with van der Waals surface area (Å²) in [5, 5.41) is 3.65. The lowest BCUT2D eigenvalue weighted by Crippen LogP contribution is -2.13. The summed E-state index contributed by atoms with van der Waals surface area (Å²) in [6.07, 6.45) is 2.28. The Kier molecular flexibility index (Phi) is 6.74. The molecule has 3 rings (SSSR count). The van der Waals surface area contributed by atoms with Crippen LogP contribution in [0.2, 0.25) is 5.02 Å². The minimum Gasteiger partial charge on any atom is -0.493 e. The second kappa shape index (κ2) is 9.45. The van der Waals surface area contributed by atoms with Gasteiger partial charge in [-0.1, -0.05) is 54.1 Å². The van der Waals surface area contributed by atoms with Crippen LogP contribution in [0.5, 0.6) is 5.75 Å². The SMILES string of the molecule is N/N=C\c1ccc(CCOc2cccc(NS(=O)(=O)c3ccccc3Cl)c2)cc1. The molecule has 8 heteroatoms. The highest BCUT2D eigenvalue weighted by molar-refractivity contribution is 7.92. The topological polar surface area (TPSA) is 93.8 Å². The van der Waals surface area contributed by atoms with Gasteiger partial charge >= 0.3 is 0 Å². The van der Waals surface area contributed by atoms with E-state index in [0.29, 0.717) is 24.5 Å². The van der Waals surface area contributed by atoms with Crippen molar-refractivity contribution in [3.63, 3.8) is 0 Å². The first-order valence-corrected chi connectivity index (χ1v) is 10.7. The van der Waals surface area contributed by atoms with Gasteiger partial charge in [-0.25, -0.2) is 8.42 Å². The molecule has 0 bridgehead atoms. The fraction of sp³-hybridized carbons (Fsp3) is 0.0952. The fourth-order valence-corrected chi connectivity index (χ4v) is 4.24. The molecule has 0 saturated carbocycles. The summed E-state index contributed by atoms with van der Waals surface area (Å²) in [5.41, 5.74) is 2.43. The third kappa shape index (κ3) is 5.73. The summed E-state index contributed by atoms with van der Waals surface area (Å²) in [7, 11) is -3.79. The number of hydrogen-bond donors (Lipinski definition) is 2. The minimum absolute atomic E-state index is 0.0242. The lowest BCUT2D eigenvalue weighted by Gasteiger charge is -2.11. The molecule has 0 spiro atoms. The van der Waals surface area contributed by atoms with Gasteiger partial charge in [0.1, 0.15) is 10.6 Å². The number of sulfonamides is 1. The van der Waals surface area contributed by atoms with Gasteiger partial charge in [0.05, 0.1) is 23.5 Å². The van der Waals surface area contributed by atoms with Crippen LogP contribution in [0, 0.1) is 0 Å². The van der Waals surface area contributed by atoms with Gasteiger partial charge in [0.2, 0.25) is 0 Å². The zero-order valence-electron chi connectivity index (χ0n) is 15.5. The second-order valence-corrected chi connectivity index (χ2v) is 8.24. The van der Waals surface area contributed by atoms with E-state index < -0.39 is 10.0 Å². The number of hydrogen-bond acceptors (Lipinski definition) is 5. The first-order valence-electron chi connectivity index (χ1n) is 8.80. The van der Waals surface area contributed by atoms with Crippen molar-refractivity contribution >= 4 is 33.5 Å². The summed E-state index contributed by atoms with van der Waals surface area (Å²) in [4.78, 5) is 0.0242. The number of hydrazone groups is 1. The molecule has 3 aromatic carbocycles. The van der Waals surface area contributed by atoms with Crippen LogP contribution in [0.3, 0.4) is 0 Å². The molecular weight excluding hydrogens is 410 g/mol. The molecule has 0 aliphatic heterocycles. The van der Waals surface area contributed by atoms with Crippen molar-refractivity contribution in [2.24, 2.45) is 10.9 Å². The average Bonchev–Trinajstić information content (AvgIpc) is 2.70. The zero-order chi connectivity index (χ0) is 20.7. The standard InChI is InChI=1S/C21H20ClN3O3S/c22-20-6-1-2-7-21(20)29(26,27)25-18-4-3-5-19(14-18)28-13-12-16-8-10-17(11-9-16)15-24-23/h1-11,14-15,25H,12-13,23H2/b24-15-. The number of anilines is 1. The molecule has 6 nitrogen and oxygen atoms in total. The van der Waals surface area contributed by atoms with Crippen molar-refractivity contribution in [1.82, 2.24) is 0 Å². The Labute approximate surface area is 175 Å². The maximum atomic E-state index is 12.6. The maximum absolute atomic E-state index is 12.6. The highest BCUT2D eigenvalue weighted by Gasteiger charge is 2.17. The number of halogens is 1. The van der Waals surface area contributed by atoms with E-state index in [-0.39, 0.29) is 9.92 Å². The molecule has 150 valence electrons. The first-order chi connectivity index (χ1) is 14.0. The third-order valence-electron chi connectivity index (χ3n) is 4.08. The Balaban J connectivity index is 1.61. The number of ether oxygens (including phenoxy) is 1. The third-order valence-corrected chi connectivity index (χ3v) is 5.96. The number of nitrogens with one attached hydrogen (secondary N) is 1. The fourth-order valence-electron chi connectivity index (χ4n) is 2.67. The zero-order valence-corrected chi connectivity index (χ0v) is 17.0. The van der Waals surface area contributed by atoms with E-state index in [1.165, 1.54) is 12.1 Å². The summed E-state index contributed by atoms with van der Waals surface area (Å²) < 4.78 is 33.4. The molecule has 0 unspecified atom stereocenters. The number of rotatable bonds is 8. The Morgan fingerprint density at radius 3 is 2.52 bits per heavy atom. The molecule has 0 amide bonds. The summed E-state index contributed by atoms with van der Waals surface area (Å²) in [5.74, 6) is 5.70. The van der Waals surface area contributed by atoms with E-state index in [1.54, 1.807) is 42.6 Å². The van der Waals surface area contributed by atoms with E-state index in [1.807, 2.05) is 24.3 Å². The van der Waals surface area contributed by atoms with E-state index in [2.05, 4.69) is 9.82 Å². The quantitative estimate of drug-likeness (QED) is 0.321. The van der Waals surface area contributed by atoms with Gasteiger partial charge in [0.15, 0.2) is 0 Å². The second-order valence-electron chi connectivity index (χ2n) is 6.18. The Hall–Kier alpha value is -3.03. The van der Waals surface area contributed by atoms with Gasteiger partial charge in [0, 0.05) is 12.5 Å². The maximum Gasteiger partial charge on any atom is 0.263 e. The highest BCUT2D eigenvalue weighted by Crippen LogP contribution is 2.25. The Bertz CT molecular complexity index is 1100. The molecule has 3 N–H and O–H groups in total. The first kappa shape index (κ1) is 20.7. The highest BCUT2D eigenvalue weighted by atomic mass is 35.5. The smallest absolute Gasteiger partial charge is 0.263 e. The number of nitrogens with two attached hydrogens (primary N) is 1. The van der Waals surface area contributed by atoms with Crippen molar-refractivity contribution in [2.45, 2.75) is 11.3 Å². The van der Waals surface area contributed by atoms with Crippen molar-refractivity contribution in [3.8, 4) is 5.75 Å². The van der Waals surface area contributed by atoms with Crippen LogP contribution in [0.15, 0.2) is 82.8 Å². The van der Waals surface area contributed by atoms with Crippen LogP contribution in [0.4, 0.5) is 5.69 Å². The van der Waals surface area contributed by atoms with Crippen LogP contribution in [-0.2, 0) is 16.4 Å². The normalized spacial score (nSPS) is 11.5. The summed E-state index contributed by atoms with van der Waals surface area (Å²) in [6, 6.07) is 20.9. The molecule has 0 aliphatic rings. The molecule has 0 aromatic heterocycles. The van der Waals surface area contributed by atoms with Gasteiger partial charge in [0.25, 0.3) is 10.0 Å². The predicted octanol–water partition coefficient (Wildman–Crippen LogP) is 4.05. The van der Waals surface area contributed by atoms with Crippen molar-refractivity contribution in [2.75, 3.05) is 11.3 Å². The number of benzene rings is 3. The van der Waals surface area contributed by atoms with E-state index in [9.17, 15) is 8.42 Å². The lowest BCUT2D eigenvalue weighted by atomic mass is 10.1.